The van der Waals surface area contributed by atoms with E-state index in [9.17, 15) is 22.0 Å². The van der Waals surface area contributed by atoms with Crippen molar-refractivity contribution < 1.29 is 22.0 Å². The summed E-state index contributed by atoms with van der Waals surface area (Å²) < 4.78 is 53.7. The van der Waals surface area contributed by atoms with Gasteiger partial charge in [-0.05, 0) is 36.6 Å². The zero-order valence-corrected chi connectivity index (χ0v) is 18.6. The van der Waals surface area contributed by atoms with Gasteiger partial charge >= 0.3 is 0 Å². The lowest BCUT2D eigenvalue weighted by Gasteiger charge is -2.30. The molecule has 0 bridgehead atoms. The summed E-state index contributed by atoms with van der Waals surface area (Å²) in [5, 5.41) is 3.17. The Kier molecular flexibility index (Phi) is 6.63. The molecular formula is C22H21F2N3O3S2. The van der Waals surface area contributed by atoms with Crippen LogP contribution in [0.5, 0.6) is 0 Å². The standard InChI is InChI=1S/C22H21F2N3O3S2/c23-17-7-6-16(20(24)13-17)12-18-14-25-22(31-18)26-21(28)15-8-10-27(11-9-15)32(29,30)19-4-2-1-3-5-19/h1-7,13-15H,8-12H2,(H,25,26,28). The number of hydrogen-bond acceptors (Lipinski definition) is 5. The summed E-state index contributed by atoms with van der Waals surface area (Å²) in [6.07, 6.45) is 2.63. The van der Waals surface area contributed by atoms with Gasteiger partial charge in [-0.2, -0.15) is 4.31 Å². The predicted molar refractivity (Wildman–Crippen MR) is 118 cm³/mol. The van der Waals surface area contributed by atoms with Crippen LogP contribution in [0.4, 0.5) is 13.9 Å². The first kappa shape index (κ1) is 22.5. The lowest BCUT2D eigenvalue weighted by atomic mass is 9.97. The highest BCUT2D eigenvalue weighted by atomic mass is 32.2. The monoisotopic (exact) mass is 477 g/mol. The summed E-state index contributed by atoms with van der Waals surface area (Å²) in [6.45, 7) is 0.532. The van der Waals surface area contributed by atoms with E-state index in [1.165, 1.54) is 27.8 Å². The van der Waals surface area contributed by atoms with Crippen LogP contribution >= 0.6 is 11.3 Å². The summed E-state index contributed by atoms with van der Waals surface area (Å²) in [5.74, 6) is -1.79. The number of rotatable bonds is 6. The van der Waals surface area contributed by atoms with Crippen LogP contribution in [0, 0.1) is 17.6 Å². The Labute approximate surface area is 189 Å². The molecule has 0 atom stereocenters. The lowest BCUT2D eigenvalue weighted by Crippen LogP contribution is -2.41. The Bertz CT molecular complexity index is 1210. The molecule has 32 heavy (non-hydrogen) atoms. The first-order valence-electron chi connectivity index (χ1n) is 10.1. The largest absolute Gasteiger partial charge is 0.302 e. The number of aromatic nitrogens is 1. The van der Waals surface area contributed by atoms with Crippen molar-refractivity contribution in [3.05, 3.63) is 76.8 Å². The normalized spacial score (nSPS) is 15.6. The van der Waals surface area contributed by atoms with E-state index in [2.05, 4.69) is 10.3 Å². The summed E-state index contributed by atoms with van der Waals surface area (Å²) in [7, 11) is -3.57. The molecule has 1 amide bonds. The van der Waals surface area contributed by atoms with Crippen molar-refractivity contribution in [2.45, 2.75) is 24.2 Å². The Morgan fingerprint density at radius 1 is 1.12 bits per heavy atom. The van der Waals surface area contributed by atoms with Crippen LogP contribution in [0.15, 0.2) is 59.6 Å². The van der Waals surface area contributed by atoms with Crippen LogP contribution in [0.1, 0.15) is 23.3 Å². The quantitative estimate of drug-likeness (QED) is 0.581. The molecule has 0 saturated carbocycles. The molecule has 0 spiro atoms. The molecule has 0 radical (unpaired) electrons. The summed E-state index contributed by atoms with van der Waals surface area (Å²) in [6, 6.07) is 11.7. The minimum Gasteiger partial charge on any atom is -0.302 e. The maximum Gasteiger partial charge on any atom is 0.243 e. The third-order valence-electron chi connectivity index (χ3n) is 5.37. The SMILES string of the molecule is O=C(Nc1ncc(Cc2ccc(F)cc2F)s1)C1CCN(S(=O)(=O)c2ccccc2)CC1. The number of carbonyl (C=O) groups excluding carboxylic acids is 1. The van der Waals surface area contributed by atoms with Crippen LogP contribution in [0.25, 0.3) is 0 Å². The van der Waals surface area contributed by atoms with Crippen molar-refractivity contribution in [1.82, 2.24) is 9.29 Å². The molecule has 168 valence electrons. The minimum absolute atomic E-state index is 0.212. The van der Waals surface area contributed by atoms with Gasteiger partial charge in [0.1, 0.15) is 11.6 Å². The molecule has 3 aromatic rings. The number of sulfonamides is 1. The third-order valence-corrected chi connectivity index (χ3v) is 8.19. The van der Waals surface area contributed by atoms with Gasteiger partial charge < -0.3 is 5.32 Å². The van der Waals surface area contributed by atoms with E-state index in [4.69, 9.17) is 0 Å². The van der Waals surface area contributed by atoms with Crippen LogP contribution in [-0.2, 0) is 21.2 Å². The van der Waals surface area contributed by atoms with Gasteiger partial charge in [0.2, 0.25) is 15.9 Å². The number of nitrogens with one attached hydrogen (secondary N) is 1. The smallest absolute Gasteiger partial charge is 0.243 e. The van der Waals surface area contributed by atoms with E-state index >= 15 is 0 Å². The molecule has 0 aliphatic carbocycles. The van der Waals surface area contributed by atoms with Crippen molar-refractivity contribution in [2.24, 2.45) is 5.92 Å². The van der Waals surface area contributed by atoms with Gasteiger partial charge in [-0.3, -0.25) is 4.79 Å². The second-order valence-electron chi connectivity index (χ2n) is 7.52. The van der Waals surface area contributed by atoms with Gasteiger partial charge in [0.25, 0.3) is 0 Å². The van der Waals surface area contributed by atoms with E-state index in [1.807, 2.05) is 0 Å². The topological polar surface area (TPSA) is 79.4 Å². The summed E-state index contributed by atoms with van der Waals surface area (Å²) >= 11 is 1.23. The Balaban J connectivity index is 1.33. The molecule has 4 rings (SSSR count). The Hall–Kier alpha value is -2.69. The maximum absolute atomic E-state index is 13.8. The highest BCUT2D eigenvalue weighted by Crippen LogP contribution is 2.27. The van der Waals surface area contributed by atoms with Crippen LogP contribution in [0.2, 0.25) is 0 Å². The van der Waals surface area contributed by atoms with Crippen LogP contribution in [0.3, 0.4) is 0 Å². The van der Waals surface area contributed by atoms with E-state index in [0.29, 0.717) is 23.5 Å². The molecular weight excluding hydrogens is 456 g/mol. The molecule has 1 fully saturated rings. The number of amides is 1. The van der Waals surface area contributed by atoms with E-state index in [1.54, 1.807) is 36.5 Å². The second-order valence-corrected chi connectivity index (χ2v) is 10.6. The van der Waals surface area contributed by atoms with Gasteiger partial charge in [0.05, 0.1) is 4.90 Å². The molecule has 1 aliphatic heterocycles. The predicted octanol–water partition coefficient (Wildman–Crippen LogP) is 4.05. The van der Waals surface area contributed by atoms with Gasteiger partial charge in [-0.25, -0.2) is 22.2 Å². The zero-order chi connectivity index (χ0) is 22.7. The fraction of sp³-hybridized carbons (Fsp3) is 0.273. The van der Waals surface area contributed by atoms with Crippen LogP contribution in [-0.4, -0.2) is 36.7 Å². The fourth-order valence-corrected chi connectivity index (χ4v) is 5.94. The number of piperidine rings is 1. The summed E-state index contributed by atoms with van der Waals surface area (Å²) in [5.41, 5.74) is 0.347. The molecule has 6 nitrogen and oxygen atoms in total. The maximum atomic E-state index is 13.8. The van der Waals surface area contributed by atoms with Gasteiger partial charge in [-0.1, -0.05) is 24.3 Å². The number of halogens is 2. The van der Waals surface area contributed by atoms with Crippen molar-refractivity contribution >= 4 is 32.4 Å². The molecule has 1 aromatic heterocycles. The highest BCUT2D eigenvalue weighted by molar-refractivity contribution is 7.89. The van der Waals surface area contributed by atoms with Crippen molar-refractivity contribution in [3.8, 4) is 0 Å². The molecule has 1 N–H and O–H groups in total. The first-order valence-corrected chi connectivity index (χ1v) is 12.3. The molecule has 10 heteroatoms. The van der Waals surface area contributed by atoms with Gasteiger partial charge in [-0.15, -0.1) is 11.3 Å². The number of hydrogen-bond donors (Lipinski definition) is 1. The highest BCUT2D eigenvalue weighted by Gasteiger charge is 2.32. The number of benzene rings is 2. The van der Waals surface area contributed by atoms with E-state index in [0.717, 1.165) is 10.9 Å². The van der Waals surface area contributed by atoms with Crippen molar-refractivity contribution in [2.75, 3.05) is 18.4 Å². The number of carbonyl (C=O) groups is 1. The van der Waals surface area contributed by atoms with E-state index in [-0.39, 0.29) is 36.2 Å². The van der Waals surface area contributed by atoms with Gasteiger partial charge in [0, 0.05) is 42.6 Å². The fourth-order valence-electron chi connectivity index (χ4n) is 3.61. The van der Waals surface area contributed by atoms with Crippen LogP contribution < -0.4 is 5.32 Å². The zero-order valence-electron chi connectivity index (χ0n) is 17.0. The number of thiazole rings is 1. The molecule has 2 aromatic carbocycles. The third kappa shape index (κ3) is 5.03. The van der Waals surface area contributed by atoms with Crippen molar-refractivity contribution in [3.63, 3.8) is 0 Å². The second kappa shape index (κ2) is 9.43. The van der Waals surface area contributed by atoms with Crippen molar-refractivity contribution in [1.29, 1.82) is 0 Å². The number of anilines is 1. The Morgan fingerprint density at radius 3 is 2.53 bits per heavy atom. The average molecular weight is 478 g/mol. The summed E-state index contributed by atoms with van der Waals surface area (Å²) in [4.78, 5) is 17.8. The van der Waals surface area contributed by atoms with Gasteiger partial charge in [0.15, 0.2) is 5.13 Å². The molecule has 0 unspecified atom stereocenters. The molecule has 2 heterocycles. The lowest BCUT2D eigenvalue weighted by molar-refractivity contribution is -0.120. The minimum atomic E-state index is -3.57. The first-order chi connectivity index (χ1) is 15.3. The van der Waals surface area contributed by atoms with E-state index < -0.39 is 21.7 Å². The molecule has 1 saturated heterocycles. The Morgan fingerprint density at radius 2 is 1.84 bits per heavy atom. The number of nitrogens with zero attached hydrogens (tertiary/aromatic N) is 2. The molecule has 1 aliphatic rings. The average Bonchev–Trinajstić information content (AvgIpc) is 3.23.